The van der Waals surface area contributed by atoms with Crippen molar-refractivity contribution in [2.45, 2.75) is 45.6 Å². The summed E-state index contributed by atoms with van der Waals surface area (Å²) in [6.45, 7) is 2.67. The first-order valence-electron chi connectivity index (χ1n) is 12.4. The molecule has 0 aliphatic heterocycles. The highest BCUT2D eigenvalue weighted by Crippen LogP contribution is 2.29. The summed E-state index contributed by atoms with van der Waals surface area (Å²) in [5.74, 6) is 1.38. The second-order valence-corrected chi connectivity index (χ2v) is 8.82. The van der Waals surface area contributed by atoms with Crippen LogP contribution in [0.2, 0.25) is 0 Å². The van der Waals surface area contributed by atoms with Crippen LogP contribution in [0.5, 0.6) is 0 Å². The molecule has 0 radical (unpaired) electrons. The number of nitrogens with zero attached hydrogens (tertiary/aromatic N) is 6. The van der Waals surface area contributed by atoms with Crippen LogP contribution in [0.1, 0.15) is 44.0 Å². The van der Waals surface area contributed by atoms with Crippen molar-refractivity contribution in [3.63, 3.8) is 0 Å². The van der Waals surface area contributed by atoms with E-state index >= 15 is 0 Å². The molecule has 0 spiro atoms. The predicted molar refractivity (Wildman–Crippen MR) is 140 cm³/mol. The van der Waals surface area contributed by atoms with E-state index in [4.69, 9.17) is 5.10 Å². The number of unbranched alkanes of at least 4 members (excludes halogenated alkanes) is 3. The third-order valence-corrected chi connectivity index (χ3v) is 6.31. The molecule has 0 aliphatic carbocycles. The van der Waals surface area contributed by atoms with Gasteiger partial charge in [0.25, 0.3) is 0 Å². The lowest BCUT2D eigenvalue weighted by Gasteiger charge is -2.09. The number of hydrogen-bond acceptors (Lipinski definition) is 5. The van der Waals surface area contributed by atoms with Crippen LogP contribution in [0.4, 0.5) is 0 Å². The molecule has 3 aromatic carbocycles. The van der Waals surface area contributed by atoms with Gasteiger partial charge in [-0.05, 0) is 40.5 Å². The number of hydrogen-bond donors (Lipinski definition) is 1. The number of aryl methyl sites for hydroxylation is 1. The van der Waals surface area contributed by atoms with Gasteiger partial charge < -0.3 is 0 Å². The normalized spacial score (nSPS) is 11.1. The van der Waals surface area contributed by atoms with Gasteiger partial charge in [0.2, 0.25) is 5.82 Å². The minimum absolute atomic E-state index is 0.113. The van der Waals surface area contributed by atoms with Crippen LogP contribution >= 0.6 is 0 Å². The van der Waals surface area contributed by atoms with Gasteiger partial charge in [-0.1, -0.05) is 92.9 Å². The maximum absolute atomic E-state index is 13.4. The van der Waals surface area contributed by atoms with Gasteiger partial charge in [0.15, 0.2) is 0 Å². The Hall–Kier alpha value is -4.33. The van der Waals surface area contributed by atoms with Gasteiger partial charge in [-0.2, -0.15) is 9.90 Å². The highest BCUT2D eigenvalue weighted by atomic mass is 16.2. The summed E-state index contributed by atoms with van der Waals surface area (Å²) in [6.07, 6.45) is 5.30. The monoisotopic (exact) mass is 479 g/mol. The molecule has 0 bridgehead atoms. The second kappa shape index (κ2) is 10.9. The standard InChI is InChI=1S/C28H29N7O/c1-2-3-4-8-15-26-31-35(23-11-6-5-7-12-23)28(36)34(26)20-21-16-18-22(19-17-21)24-13-9-10-14-25(24)27-29-32-33-30-27/h5-7,9-14,16-19H,2-4,8,15,20H2,1H3,(H,29,30,32,33). The van der Waals surface area contributed by atoms with Crippen LogP contribution in [-0.4, -0.2) is 35.0 Å². The Morgan fingerprint density at radius 1 is 0.833 bits per heavy atom. The highest BCUT2D eigenvalue weighted by molar-refractivity contribution is 5.80. The molecule has 8 nitrogen and oxygen atoms in total. The van der Waals surface area contributed by atoms with Crippen molar-refractivity contribution >= 4 is 0 Å². The summed E-state index contributed by atoms with van der Waals surface area (Å²) in [4.78, 5) is 13.4. The number of aromatic amines is 1. The average molecular weight is 480 g/mol. The quantitative estimate of drug-likeness (QED) is 0.283. The predicted octanol–water partition coefficient (Wildman–Crippen LogP) is 5.05. The SMILES string of the molecule is CCCCCCc1nn(-c2ccccc2)c(=O)n1Cc1ccc(-c2ccccc2-c2nn[nH]n2)cc1. The van der Waals surface area contributed by atoms with Gasteiger partial charge in [-0.15, -0.1) is 15.3 Å². The maximum Gasteiger partial charge on any atom is 0.351 e. The fraction of sp³-hybridized carbons (Fsp3) is 0.250. The van der Waals surface area contributed by atoms with E-state index in [0.717, 1.165) is 53.0 Å². The molecule has 0 amide bonds. The average Bonchev–Trinajstić information content (AvgIpc) is 3.57. The molecule has 0 atom stereocenters. The number of H-pyrrole nitrogens is 1. The zero-order valence-electron chi connectivity index (χ0n) is 20.3. The lowest BCUT2D eigenvalue weighted by molar-refractivity contribution is 0.622. The van der Waals surface area contributed by atoms with Crippen LogP contribution in [-0.2, 0) is 13.0 Å². The largest absolute Gasteiger partial charge is 0.351 e. The number of benzene rings is 3. The van der Waals surface area contributed by atoms with E-state index < -0.39 is 0 Å². The van der Waals surface area contributed by atoms with Crippen LogP contribution in [0.25, 0.3) is 28.2 Å². The third kappa shape index (κ3) is 5.02. The Labute approximate surface area is 209 Å². The topological polar surface area (TPSA) is 94.3 Å². The molecule has 0 fully saturated rings. The third-order valence-electron chi connectivity index (χ3n) is 6.31. The van der Waals surface area contributed by atoms with Gasteiger partial charge in [0, 0.05) is 12.0 Å². The molecular weight excluding hydrogens is 450 g/mol. The van der Waals surface area contributed by atoms with Crippen LogP contribution < -0.4 is 5.69 Å². The van der Waals surface area contributed by atoms with E-state index in [1.165, 1.54) is 17.5 Å². The summed E-state index contributed by atoms with van der Waals surface area (Å²) in [5.41, 5.74) is 4.69. The summed E-state index contributed by atoms with van der Waals surface area (Å²) in [7, 11) is 0. The van der Waals surface area contributed by atoms with Crippen molar-refractivity contribution in [3.8, 4) is 28.2 Å². The molecule has 2 aromatic heterocycles. The summed E-state index contributed by atoms with van der Waals surface area (Å²) in [5, 5.41) is 19.2. The van der Waals surface area contributed by atoms with Crippen molar-refractivity contribution in [3.05, 3.63) is 101 Å². The van der Waals surface area contributed by atoms with Crippen molar-refractivity contribution in [2.75, 3.05) is 0 Å². The first kappa shape index (κ1) is 23.4. The Morgan fingerprint density at radius 3 is 2.31 bits per heavy atom. The first-order chi connectivity index (χ1) is 17.7. The molecule has 1 N–H and O–H groups in total. The second-order valence-electron chi connectivity index (χ2n) is 8.82. The molecule has 36 heavy (non-hydrogen) atoms. The fourth-order valence-electron chi connectivity index (χ4n) is 4.41. The first-order valence-corrected chi connectivity index (χ1v) is 12.4. The molecule has 0 unspecified atom stereocenters. The lowest BCUT2D eigenvalue weighted by atomic mass is 9.98. The number of aromatic nitrogens is 7. The molecule has 0 saturated carbocycles. The van der Waals surface area contributed by atoms with Gasteiger partial charge in [-0.25, -0.2) is 4.79 Å². The number of nitrogens with one attached hydrogen (secondary N) is 1. The Balaban J connectivity index is 1.43. The number of para-hydroxylation sites is 1. The summed E-state index contributed by atoms with van der Waals surface area (Å²) >= 11 is 0. The maximum atomic E-state index is 13.4. The highest BCUT2D eigenvalue weighted by Gasteiger charge is 2.15. The zero-order chi connectivity index (χ0) is 24.7. The van der Waals surface area contributed by atoms with E-state index in [2.05, 4.69) is 51.8 Å². The van der Waals surface area contributed by atoms with Crippen molar-refractivity contribution in [1.82, 2.24) is 35.0 Å². The van der Waals surface area contributed by atoms with Crippen LogP contribution in [0, 0.1) is 0 Å². The van der Waals surface area contributed by atoms with Gasteiger partial charge in [-0.3, -0.25) is 4.57 Å². The smallest absolute Gasteiger partial charge is 0.274 e. The molecule has 8 heteroatoms. The Bertz CT molecular complexity index is 1450. The van der Waals surface area contributed by atoms with Crippen molar-refractivity contribution in [2.24, 2.45) is 0 Å². The minimum atomic E-state index is -0.113. The minimum Gasteiger partial charge on any atom is -0.274 e. The Morgan fingerprint density at radius 2 is 1.58 bits per heavy atom. The molecule has 2 heterocycles. The molecule has 182 valence electrons. The molecule has 0 aliphatic rings. The van der Waals surface area contributed by atoms with E-state index in [9.17, 15) is 4.79 Å². The van der Waals surface area contributed by atoms with E-state index in [1.54, 1.807) is 4.57 Å². The van der Waals surface area contributed by atoms with Gasteiger partial charge in [0.05, 0.1) is 12.2 Å². The number of tetrazole rings is 1. The lowest BCUT2D eigenvalue weighted by Crippen LogP contribution is -2.25. The molecule has 5 aromatic rings. The zero-order valence-corrected chi connectivity index (χ0v) is 20.3. The van der Waals surface area contributed by atoms with Gasteiger partial charge >= 0.3 is 5.69 Å². The van der Waals surface area contributed by atoms with E-state index in [-0.39, 0.29) is 5.69 Å². The van der Waals surface area contributed by atoms with E-state index in [1.807, 2.05) is 54.6 Å². The molecule has 5 rings (SSSR count). The fourth-order valence-corrected chi connectivity index (χ4v) is 4.41. The summed E-state index contributed by atoms with van der Waals surface area (Å²) < 4.78 is 3.33. The Kier molecular flexibility index (Phi) is 7.12. The van der Waals surface area contributed by atoms with E-state index in [0.29, 0.717) is 12.4 Å². The summed E-state index contributed by atoms with van der Waals surface area (Å²) in [6, 6.07) is 25.9. The molecular formula is C28H29N7O. The van der Waals surface area contributed by atoms with Crippen molar-refractivity contribution in [1.29, 1.82) is 0 Å². The molecule has 0 saturated heterocycles. The van der Waals surface area contributed by atoms with Crippen LogP contribution in [0.3, 0.4) is 0 Å². The number of rotatable bonds is 10. The van der Waals surface area contributed by atoms with Crippen molar-refractivity contribution < 1.29 is 0 Å². The van der Waals surface area contributed by atoms with Crippen LogP contribution in [0.15, 0.2) is 83.7 Å². The van der Waals surface area contributed by atoms with Gasteiger partial charge in [0.1, 0.15) is 5.82 Å².